The van der Waals surface area contributed by atoms with Crippen LogP contribution in [0.15, 0.2) is 12.4 Å². The monoisotopic (exact) mass is 249 g/mol. The van der Waals surface area contributed by atoms with E-state index in [1.54, 1.807) is 7.11 Å². The van der Waals surface area contributed by atoms with Crippen molar-refractivity contribution < 1.29 is 4.74 Å². The average Bonchev–Trinajstić information content (AvgIpc) is 2.69. The summed E-state index contributed by atoms with van der Waals surface area (Å²) in [6.45, 7) is 9.16. The fraction of sp³-hybridized carbons (Fsp3) is 0.714. The summed E-state index contributed by atoms with van der Waals surface area (Å²) in [6.07, 6.45) is 2.31. The standard InChI is InChI=1S/C14H23N3O/c1-13(2)12(14(13,3)4)10(15)6-9-7-11(18-5)17-8-16-9/h7-8,10,12H,6,15H2,1-5H3. The van der Waals surface area contributed by atoms with Crippen molar-refractivity contribution in [2.24, 2.45) is 22.5 Å². The Labute approximate surface area is 109 Å². The second-order valence-corrected chi connectivity index (χ2v) is 6.34. The molecule has 0 amide bonds. The summed E-state index contributed by atoms with van der Waals surface area (Å²) in [4.78, 5) is 8.27. The van der Waals surface area contributed by atoms with Gasteiger partial charge in [0.25, 0.3) is 0 Å². The Morgan fingerprint density at radius 1 is 1.28 bits per heavy atom. The molecule has 2 N–H and O–H groups in total. The van der Waals surface area contributed by atoms with Gasteiger partial charge >= 0.3 is 0 Å². The molecule has 4 heteroatoms. The highest BCUT2D eigenvalue weighted by molar-refractivity contribution is 5.20. The molecular weight excluding hydrogens is 226 g/mol. The van der Waals surface area contributed by atoms with E-state index in [0.29, 0.717) is 22.6 Å². The van der Waals surface area contributed by atoms with E-state index in [1.165, 1.54) is 6.33 Å². The molecule has 1 heterocycles. The van der Waals surface area contributed by atoms with Crippen molar-refractivity contribution in [2.45, 2.75) is 40.2 Å². The summed E-state index contributed by atoms with van der Waals surface area (Å²) in [6, 6.07) is 2.00. The summed E-state index contributed by atoms with van der Waals surface area (Å²) >= 11 is 0. The van der Waals surface area contributed by atoms with E-state index in [2.05, 4.69) is 37.7 Å². The Morgan fingerprint density at radius 2 is 1.89 bits per heavy atom. The molecule has 4 nitrogen and oxygen atoms in total. The lowest BCUT2D eigenvalue weighted by atomic mass is 10.0. The van der Waals surface area contributed by atoms with Gasteiger partial charge in [0.1, 0.15) is 6.33 Å². The van der Waals surface area contributed by atoms with Crippen LogP contribution in [0.2, 0.25) is 0 Å². The molecule has 0 radical (unpaired) electrons. The molecule has 0 spiro atoms. The second-order valence-electron chi connectivity index (χ2n) is 6.34. The van der Waals surface area contributed by atoms with Crippen LogP contribution >= 0.6 is 0 Å². The van der Waals surface area contributed by atoms with Gasteiger partial charge < -0.3 is 10.5 Å². The molecule has 0 aromatic carbocycles. The van der Waals surface area contributed by atoms with Crippen molar-refractivity contribution in [1.29, 1.82) is 0 Å². The number of methoxy groups -OCH3 is 1. The van der Waals surface area contributed by atoms with Gasteiger partial charge in [-0.2, -0.15) is 0 Å². The van der Waals surface area contributed by atoms with Gasteiger partial charge in [-0.15, -0.1) is 0 Å². The van der Waals surface area contributed by atoms with E-state index in [0.717, 1.165) is 12.1 Å². The molecule has 1 aromatic rings. The molecule has 100 valence electrons. The fourth-order valence-corrected chi connectivity index (χ4v) is 3.28. The van der Waals surface area contributed by atoms with E-state index >= 15 is 0 Å². The van der Waals surface area contributed by atoms with Crippen molar-refractivity contribution in [3.8, 4) is 5.88 Å². The molecule has 1 fully saturated rings. The molecule has 1 saturated carbocycles. The highest BCUT2D eigenvalue weighted by Crippen LogP contribution is 2.69. The van der Waals surface area contributed by atoms with Crippen LogP contribution in [0.5, 0.6) is 5.88 Å². The van der Waals surface area contributed by atoms with Gasteiger partial charge in [-0.1, -0.05) is 27.7 Å². The smallest absolute Gasteiger partial charge is 0.216 e. The highest BCUT2D eigenvalue weighted by Gasteiger charge is 2.66. The van der Waals surface area contributed by atoms with Crippen molar-refractivity contribution in [2.75, 3.05) is 7.11 Å². The van der Waals surface area contributed by atoms with Crippen molar-refractivity contribution in [3.05, 3.63) is 18.1 Å². The van der Waals surface area contributed by atoms with Crippen LogP contribution in [0.25, 0.3) is 0 Å². The van der Waals surface area contributed by atoms with Crippen LogP contribution in [-0.2, 0) is 6.42 Å². The zero-order chi connectivity index (χ0) is 13.6. The minimum Gasteiger partial charge on any atom is -0.481 e. The molecule has 2 rings (SSSR count). The first-order valence-electron chi connectivity index (χ1n) is 6.41. The van der Waals surface area contributed by atoms with Crippen LogP contribution in [0.1, 0.15) is 33.4 Å². The third-order valence-electron chi connectivity index (χ3n) is 4.91. The second kappa shape index (κ2) is 4.19. The number of hydrogen-bond acceptors (Lipinski definition) is 4. The predicted molar refractivity (Wildman–Crippen MR) is 71.3 cm³/mol. The van der Waals surface area contributed by atoms with Crippen molar-refractivity contribution in [3.63, 3.8) is 0 Å². The van der Waals surface area contributed by atoms with Crippen molar-refractivity contribution in [1.82, 2.24) is 9.97 Å². The quantitative estimate of drug-likeness (QED) is 0.887. The normalized spacial score (nSPS) is 22.6. The molecule has 0 saturated heterocycles. The molecule has 0 aliphatic heterocycles. The molecule has 18 heavy (non-hydrogen) atoms. The maximum atomic E-state index is 6.35. The minimum atomic E-state index is 0.134. The van der Waals surface area contributed by atoms with Crippen LogP contribution in [-0.4, -0.2) is 23.1 Å². The molecule has 0 bridgehead atoms. The van der Waals surface area contributed by atoms with Gasteiger partial charge in [-0.05, 0) is 16.7 Å². The lowest BCUT2D eigenvalue weighted by Crippen LogP contribution is -2.28. The van der Waals surface area contributed by atoms with Crippen LogP contribution in [0.3, 0.4) is 0 Å². The lowest BCUT2D eigenvalue weighted by Gasteiger charge is -2.13. The largest absolute Gasteiger partial charge is 0.481 e. The molecule has 1 aromatic heterocycles. The maximum absolute atomic E-state index is 6.35. The SMILES string of the molecule is COc1cc(CC(N)C2C(C)(C)C2(C)C)ncn1. The Balaban J connectivity index is 2.06. The molecule has 1 atom stereocenters. The van der Waals surface area contributed by atoms with Gasteiger partial charge in [0.05, 0.1) is 7.11 Å². The third-order valence-corrected chi connectivity index (χ3v) is 4.91. The third kappa shape index (κ3) is 1.99. The fourth-order valence-electron chi connectivity index (χ4n) is 3.28. The van der Waals surface area contributed by atoms with Gasteiger partial charge in [0, 0.05) is 24.2 Å². The lowest BCUT2D eigenvalue weighted by molar-refractivity contribution is 0.394. The zero-order valence-corrected chi connectivity index (χ0v) is 11.9. The summed E-state index contributed by atoms with van der Waals surface area (Å²) in [5, 5.41) is 0. The first-order chi connectivity index (χ1) is 8.30. The van der Waals surface area contributed by atoms with Gasteiger partial charge in [-0.3, -0.25) is 0 Å². The zero-order valence-electron chi connectivity index (χ0n) is 11.9. The summed E-state index contributed by atoms with van der Waals surface area (Å²) in [5.41, 5.74) is 7.92. The number of aromatic nitrogens is 2. The summed E-state index contributed by atoms with van der Waals surface area (Å²) in [7, 11) is 1.61. The molecule has 1 aliphatic rings. The average molecular weight is 249 g/mol. The first kappa shape index (κ1) is 13.3. The van der Waals surface area contributed by atoms with E-state index in [-0.39, 0.29) is 6.04 Å². The number of hydrogen-bond donors (Lipinski definition) is 1. The Bertz CT molecular complexity index is 428. The van der Waals surface area contributed by atoms with E-state index < -0.39 is 0 Å². The maximum Gasteiger partial charge on any atom is 0.216 e. The van der Waals surface area contributed by atoms with E-state index in [4.69, 9.17) is 10.5 Å². The molecule has 1 aliphatic carbocycles. The first-order valence-corrected chi connectivity index (χ1v) is 6.41. The summed E-state index contributed by atoms with van der Waals surface area (Å²) < 4.78 is 5.10. The van der Waals surface area contributed by atoms with Gasteiger partial charge in [0.15, 0.2) is 0 Å². The van der Waals surface area contributed by atoms with Crippen molar-refractivity contribution >= 4 is 0 Å². The number of nitrogens with zero attached hydrogens (tertiary/aromatic N) is 2. The Morgan fingerprint density at radius 3 is 2.39 bits per heavy atom. The number of nitrogens with two attached hydrogens (primary N) is 1. The van der Waals surface area contributed by atoms with Gasteiger partial charge in [-0.25, -0.2) is 9.97 Å². The molecular formula is C14H23N3O. The van der Waals surface area contributed by atoms with Crippen LogP contribution in [0, 0.1) is 16.7 Å². The number of rotatable bonds is 4. The van der Waals surface area contributed by atoms with Gasteiger partial charge in [0.2, 0.25) is 5.88 Å². The molecule has 1 unspecified atom stereocenters. The summed E-state index contributed by atoms with van der Waals surface area (Å²) in [5.74, 6) is 1.13. The van der Waals surface area contributed by atoms with E-state index in [1.807, 2.05) is 6.07 Å². The Hall–Kier alpha value is -1.16. The van der Waals surface area contributed by atoms with E-state index in [9.17, 15) is 0 Å². The highest BCUT2D eigenvalue weighted by atomic mass is 16.5. The minimum absolute atomic E-state index is 0.134. The topological polar surface area (TPSA) is 61.0 Å². The Kier molecular flexibility index (Phi) is 3.09. The predicted octanol–water partition coefficient (Wildman–Crippen LogP) is 2.04. The number of ether oxygens (including phenoxy) is 1. The van der Waals surface area contributed by atoms with Crippen LogP contribution < -0.4 is 10.5 Å². The van der Waals surface area contributed by atoms with Crippen LogP contribution in [0.4, 0.5) is 0 Å².